The van der Waals surface area contributed by atoms with Gasteiger partial charge < -0.3 is 10.4 Å². The van der Waals surface area contributed by atoms with Gasteiger partial charge >= 0.3 is 0 Å². The Morgan fingerprint density at radius 1 is 1.33 bits per heavy atom. The van der Waals surface area contributed by atoms with Gasteiger partial charge in [-0.15, -0.1) is 0 Å². The molecule has 1 saturated heterocycles. The minimum absolute atomic E-state index is 0.283. The second-order valence-electron chi connectivity index (χ2n) is 5.18. The van der Waals surface area contributed by atoms with E-state index in [1.165, 1.54) is 0 Å². The molecule has 100 valence electrons. The largest absolute Gasteiger partial charge is 0.507 e. The van der Waals surface area contributed by atoms with E-state index in [1.807, 2.05) is 12.1 Å². The standard InChI is InChI=1S/C14H21ClN2O/c1-10(2)13-8-12(15)7-11(14(13)18)9-17-5-3-16-4-6-17/h7-8,10,16,18H,3-6,9H2,1-2H3. The van der Waals surface area contributed by atoms with Crippen molar-refractivity contribution in [1.29, 1.82) is 0 Å². The van der Waals surface area contributed by atoms with Crippen LogP contribution < -0.4 is 5.32 Å². The van der Waals surface area contributed by atoms with Crippen molar-refractivity contribution in [2.75, 3.05) is 26.2 Å². The minimum atomic E-state index is 0.283. The van der Waals surface area contributed by atoms with E-state index in [0.717, 1.165) is 43.9 Å². The lowest BCUT2D eigenvalue weighted by molar-refractivity contribution is 0.230. The fourth-order valence-electron chi connectivity index (χ4n) is 2.35. The summed E-state index contributed by atoms with van der Waals surface area (Å²) in [6.07, 6.45) is 0. The molecule has 1 heterocycles. The molecule has 0 aromatic heterocycles. The number of rotatable bonds is 3. The van der Waals surface area contributed by atoms with Gasteiger partial charge in [0.15, 0.2) is 0 Å². The van der Waals surface area contributed by atoms with E-state index in [0.29, 0.717) is 10.8 Å². The Hall–Kier alpha value is -0.770. The quantitative estimate of drug-likeness (QED) is 0.885. The van der Waals surface area contributed by atoms with E-state index in [9.17, 15) is 5.11 Å². The van der Waals surface area contributed by atoms with Gasteiger partial charge in [-0.05, 0) is 23.6 Å². The average molecular weight is 269 g/mol. The van der Waals surface area contributed by atoms with Crippen LogP contribution in [-0.2, 0) is 6.54 Å². The highest BCUT2D eigenvalue weighted by molar-refractivity contribution is 6.30. The smallest absolute Gasteiger partial charge is 0.123 e. The van der Waals surface area contributed by atoms with Gasteiger partial charge in [0.2, 0.25) is 0 Å². The molecule has 0 spiro atoms. The predicted octanol–water partition coefficient (Wildman–Crippen LogP) is 2.57. The van der Waals surface area contributed by atoms with Gasteiger partial charge in [0.1, 0.15) is 5.75 Å². The highest BCUT2D eigenvalue weighted by Crippen LogP contribution is 2.33. The van der Waals surface area contributed by atoms with E-state index in [4.69, 9.17) is 11.6 Å². The van der Waals surface area contributed by atoms with Crippen molar-refractivity contribution in [3.63, 3.8) is 0 Å². The van der Waals surface area contributed by atoms with Gasteiger partial charge in [-0.25, -0.2) is 0 Å². The Bertz CT molecular complexity index is 415. The van der Waals surface area contributed by atoms with Crippen LogP contribution in [0.3, 0.4) is 0 Å². The fourth-order valence-corrected chi connectivity index (χ4v) is 2.60. The highest BCUT2D eigenvalue weighted by atomic mass is 35.5. The molecule has 18 heavy (non-hydrogen) atoms. The molecule has 1 fully saturated rings. The van der Waals surface area contributed by atoms with E-state index >= 15 is 0 Å². The molecule has 2 N–H and O–H groups in total. The van der Waals surface area contributed by atoms with Crippen LogP contribution in [0.5, 0.6) is 5.75 Å². The number of benzene rings is 1. The van der Waals surface area contributed by atoms with E-state index in [2.05, 4.69) is 24.1 Å². The Morgan fingerprint density at radius 3 is 2.61 bits per heavy atom. The van der Waals surface area contributed by atoms with Crippen LogP contribution in [0.25, 0.3) is 0 Å². The zero-order valence-electron chi connectivity index (χ0n) is 11.0. The molecule has 3 nitrogen and oxygen atoms in total. The Labute approximate surface area is 114 Å². The predicted molar refractivity (Wildman–Crippen MR) is 75.4 cm³/mol. The number of hydrogen-bond donors (Lipinski definition) is 2. The first kappa shape index (κ1) is 13.7. The van der Waals surface area contributed by atoms with Crippen molar-refractivity contribution in [2.24, 2.45) is 0 Å². The monoisotopic (exact) mass is 268 g/mol. The Morgan fingerprint density at radius 2 is 2.00 bits per heavy atom. The third-order valence-corrected chi connectivity index (χ3v) is 3.63. The third kappa shape index (κ3) is 3.16. The lowest BCUT2D eigenvalue weighted by Gasteiger charge is -2.28. The molecule has 0 amide bonds. The van der Waals surface area contributed by atoms with Crippen LogP contribution >= 0.6 is 11.6 Å². The molecule has 1 aliphatic rings. The summed E-state index contributed by atoms with van der Waals surface area (Å²) in [4.78, 5) is 2.34. The first-order valence-electron chi connectivity index (χ1n) is 6.52. The summed E-state index contributed by atoms with van der Waals surface area (Å²) in [6.45, 7) is 8.97. The van der Waals surface area contributed by atoms with Crippen LogP contribution in [0, 0.1) is 0 Å². The zero-order valence-corrected chi connectivity index (χ0v) is 11.8. The number of piperazine rings is 1. The van der Waals surface area contributed by atoms with Crippen molar-refractivity contribution in [1.82, 2.24) is 10.2 Å². The van der Waals surface area contributed by atoms with E-state index in [-0.39, 0.29) is 5.92 Å². The van der Waals surface area contributed by atoms with Gasteiger partial charge in [0.25, 0.3) is 0 Å². The van der Waals surface area contributed by atoms with Crippen molar-refractivity contribution in [2.45, 2.75) is 26.3 Å². The normalized spacial score (nSPS) is 17.3. The molecule has 0 atom stereocenters. The molecular formula is C14H21ClN2O. The van der Waals surface area contributed by atoms with E-state index in [1.54, 1.807) is 0 Å². The third-order valence-electron chi connectivity index (χ3n) is 3.41. The number of hydrogen-bond acceptors (Lipinski definition) is 3. The van der Waals surface area contributed by atoms with Crippen LogP contribution in [0.2, 0.25) is 5.02 Å². The Kier molecular flexibility index (Phi) is 4.49. The van der Waals surface area contributed by atoms with Crippen molar-refractivity contribution in [3.8, 4) is 5.75 Å². The number of phenols is 1. The number of nitrogens with zero attached hydrogens (tertiary/aromatic N) is 1. The topological polar surface area (TPSA) is 35.5 Å². The summed E-state index contributed by atoms with van der Waals surface area (Å²) in [6, 6.07) is 3.74. The maximum Gasteiger partial charge on any atom is 0.123 e. The second-order valence-corrected chi connectivity index (χ2v) is 5.62. The van der Waals surface area contributed by atoms with Gasteiger partial charge in [-0.2, -0.15) is 0 Å². The lowest BCUT2D eigenvalue weighted by atomic mass is 9.99. The molecule has 2 rings (SSSR count). The van der Waals surface area contributed by atoms with Crippen molar-refractivity contribution >= 4 is 11.6 Å². The Balaban J connectivity index is 2.21. The van der Waals surface area contributed by atoms with Crippen molar-refractivity contribution < 1.29 is 5.11 Å². The summed E-state index contributed by atoms with van der Waals surface area (Å²) >= 11 is 6.14. The summed E-state index contributed by atoms with van der Waals surface area (Å²) in [5.74, 6) is 0.693. The number of phenolic OH excluding ortho intramolecular Hbond substituents is 1. The van der Waals surface area contributed by atoms with Crippen LogP contribution in [-0.4, -0.2) is 36.2 Å². The molecule has 1 aromatic rings. The summed E-state index contributed by atoms with van der Waals surface area (Å²) in [5, 5.41) is 14.3. The molecule has 0 bridgehead atoms. The molecule has 0 unspecified atom stereocenters. The van der Waals surface area contributed by atoms with Crippen LogP contribution in [0.1, 0.15) is 30.9 Å². The van der Waals surface area contributed by atoms with Gasteiger partial charge in [0, 0.05) is 43.3 Å². The molecule has 0 radical (unpaired) electrons. The lowest BCUT2D eigenvalue weighted by Crippen LogP contribution is -2.42. The van der Waals surface area contributed by atoms with Crippen LogP contribution in [0.15, 0.2) is 12.1 Å². The minimum Gasteiger partial charge on any atom is -0.507 e. The SMILES string of the molecule is CC(C)c1cc(Cl)cc(CN2CCNCC2)c1O. The molecule has 4 heteroatoms. The van der Waals surface area contributed by atoms with Crippen LogP contribution in [0.4, 0.5) is 0 Å². The van der Waals surface area contributed by atoms with Gasteiger partial charge in [-0.1, -0.05) is 25.4 Å². The first-order valence-corrected chi connectivity index (χ1v) is 6.90. The zero-order chi connectivity index (χ0) is 13.1. The van der Waals surface area contributed by atoms with E-state index < -0.39 is 0 Å². The average Bonchev–Trinajstić information content (AvgIpc) is 2.34. The van der Waals surface area contributed by atoms with Crippen molar-refractivity contribution in [3.05, 3.63) is 28.3 Å². The molecule has 0 aliphatic carbocycles. The molecule has 1 aromatic carbocycles. The fraction of sp³-hybridized carbons (Fsp3) is 0.571. The maximum absolute atomic E-state index is 10.3. The molecule has 1 aliphatic heterocycles. The van der Waals surface area contributed by atoms with Gasteiger partial charge in [0.05, 0.1) is 0 Å². The summed E-state index contributed by atoms with van der Waals surface area (Å²) in [7, 11) is 0. The number of halogens is 1. The summed E-state index contributed by atoms with van der Waals surface area (Å²) in [5.41, 5.74) is 1.88. The summed E-state index contributed by atoms with van der Waals surface area (Å²) < 4.78 is 0. The molecule has 0 saturated carbocycles. The second kappa shape index (κ2) is 5.91. The highest BCUT2D eigenvalue weighted by Gasteiger charge is 2.16. The molecular weight excluding hydrogens is 248 g/mol. The number of nitrogens with one attached hydrogen (secondary N) is 1. The first-order chi connectivity index (χ1) is 8.58. The van der Waals surface area contributed by atoms with Gasteiger partial charge in [-0.3, -0.25) is 4.90 Å². The number of aromatic hydroxyl groups is 1. The maximum atomic E-state index is 10.3.